The number of hydrogen-bond donors (Lipinski definition) is 1. The summed E-state index contributed by atoms with van der Waals surface area (Å²) < 4.78 is 6.00. The van der Waals surface area contributed by atoms with Crippen LogP contribution in [0.1, 0.15) is 11.1 Å². The summed E-state index contributed by atoms with van der Waals surface area (Å²) in [5.41, 5.74) is 1.64. The molecule has 76 valence electrons. The molecule has 0 atom stereocenters. The van der Waals surface area contributed by atoms with Gasteiger partial charge in [0.1, 0.15) is 5.75 Å². The van der Waals surface area contributed by atoms with Gasteiger partial charge in [-0.15, -0.1) is 0 Å². The summed E-state index contributed by atoms with van der Waals surface area (Å²) in [5.74, 6) is -0.243. The largest absolute Gasteiger partial charge is 0.496 e. The summed E-state index contributed by atoms with van der Waals surface area (Å²) in [6, 6.07) is 3.64. The molecular weight excluding hydrogens is 248 g/mol. The van der Waals surface area contributed by atoms with E-state index in [1.807, 2.05) is 13.0 Å². The van der Waals surface area contributed by atoms with Crippen molar-refractivity contribution in [1.29, 1.82) is 0 Å². The summed E-state index contributed by atoms with van der Waals surface area (Å²) in [5, 5.41) is 8.71. The quantitative estimate of drug-likeness (QED) is 0.906. The highest BCUT2D eigenvalue weighted by Gasteiger charge is 2.11. The minimum Gasteiger partial charge on any atom is -0.496 e. The van der Waals surface area contributed by atoms with Crippen molar-refractivity contribution in [1.82, 2.24) is 0 Å². The molecule has 0 aliphatic carbocycles. The molecule has 4 heteroatoms. The van der Waals surface area contributed by atoms with Gasteiger partial charge in [0, 0.05) is 10.0 Å². The van der Waals surface area contributed by atoms with E-state index in [1.54, 1.807) is 6.07 Å². The van der Waals surface area contributed by atoms with Crippen molar-refractivity contribution in [3.63, 3.8) is 0 Å². The van der Waals surface area contributed by atoms with Gasteiger partial charge in [-0.05, 0) is 24.6 Å². The molecule has 0 unspecified atom stereocenters. The van der Waals surface area contributed by atoms with Crippen molar-refractivity contribution in [2.75, 3.05) is 7.11 Å². The summed E-state index contributed by atoms with van der Waals surface area (Å²) in [7, 11) is 1.53. The molecule has 1 aromatic rings. The predicted molar refractivity (Wildman–Crippen MR) is 56.8 cm³/mol. The zero-order chi connectivity index (χ0) is 10.7. The third kappa shape index (κ3) is 2.48. The zero-order valence-electron chi connectivity index (χ0n) is 8.00. The van der Waals surface area contributed by atoms with Crippen molar-refractivity contribution < 1.29 is 14.6 Å². The Morgan fingerprint density at radius 2 is 2.21 bits per heavy atom. The molecule has 0 spiro atoms. The fraction of sp³-hybridized carbons (Fsp3) is 0.300. The molecule has 0 saturated carbocycles. The van der Waals surface area contributed by atoms with E-state index in [4.69, 9.17) is 9.84 Å². The Labute approximate surface area is 90.8 Å². The fourth-order valence-electron chi connectivity index (χ4n) is 1.30. The molecule has 0 fully saturated rings. The van der Waals surface area contributed by atoms with Crippen LogP contribution in [0.4, 0.5) is 0 Å². The van der Waals surface area contributed by atoms with Crippen molar-refractivity contribution in [2.45, 2.75) is 13.3 Å². The Kier molecular flexibility index (Phi) is 3.52. The van der Waals surface area contributed by atoms with Gasteiger partial charge in [0.05, 0.1) is 13.5 Å². The average molecular weight is 259 g/mol. The van der Waals surface area contributed by atoms with E-state index in [0.29, 0.717) is 5.75 Å². The fourth-order valence-corrected chi connectivity index (χ4v) is 1.85. The SMILES string of the molecule is COc1cc(Br)cc(C)c1CC(=O)O. The number of hydrogen-bond acceptors (Lipinski definition) is 2. The first kappa shape index (κ1) is 11.0. The van der Waals surface area contributed by atoms with Gasteiger partial charge in [0.25, 0.3) is 0 Å². The highest BCUT2D eigenvalue weighted by atomic mass is 79.9. The number of benzene rings is 1. The van der Waals surface area contributed by atoms with Crippen LogP contribution in [0.5, 0.6) is 5.75 Å². The maximum atomic E-state index is 10.6. The number of halogens is 1. The molecule has 0 radical (unpaired) electrons. The first-order chi connectivity index (χ1) is 6.54. The number of carboxylic acid groups (broad SMARTS) is 1. The summed E-state index contributed by atoms with van der Waals surface area (Å²) in [6.07, 6.45) is -0.0116. The molecular formula is C10H11BrO3. The van der Waals surface area contributed by atoms with Gasteiger partial charge >= 0.3 is 5.97 Å². The van der Waals surface area contributed by atoms with E-state index < -0.39 is 5.97 Å². The van der Waals surface area contributed by atoms with Gasteiger partial charge in [-0.25, -0.2) is 0 Å². The van der Waals surface area contributed by atoms with Gasteiger partial charge in [-0.3, -0.25) is 4.79 Å². The van der Waals surface area contributed by atoms with Crippen molar-refractivity contribution in [3.05, 3.63) is 27.7 Å². The van der Waals surface area contributed by atoms with Crippen LogP contribution in [-0.4, -0.2) is 18.2 Å². The third-order valence-corrected chi connectivity index (χ3v) is 2.40. The molecule has 0 heterocycles. The second kappa shape index (κ2) is 4.46. The normalized spacial score (nSPS) is 9.93. The van der Waals surface area contributed by atoms with E-state index in [1.165, 1.54) is 7.11 Å². The minimum absolute atomic E-state index is 0.0116. The van der Waals surface area contributed by atoms with Gasteiger partial charge in [0.2, 0.25) is 0 Å². The first-order valence-corrected chi connectivity index (χ1v) is 4.88. The molecule has 0 aromatic heterocycles. The zero-order valence-corrected chi connectivity index (χ0v) is 9.59. The standard InChI is InChI=1S/C10H11BrO3/c1-6-3-7(11)4-9(14-2)8(6)5-10(12)13/h3-4H,5H2,1-2H3,(H,12,13). The molecule has 0 bridgehead atoms. The van der Waals surface area contributed by atoms with Crippen molar-refractivity contribution in [3.8, 4) is 5.75 Å². The lowest BCUT2D eigenvalue weighted by Gasteiger charge is -2.10. The summed E-state index contributed by atoms with van der Waals surface area (Å²) in [4.78, 5) is 10.6. The number of carboxylic acids is 1. The maximum absolute atomic E-state index is 10.6. The molecule has 0 aliphatic rings. The van der Waals surface area contributed by atoms with Gasteiger partial charge in [-0.1, -0.05) is 15.9 Å². The number of methoxy groups -OCH3 is 1. The molecule has 0 amide bonds. The molecule has 1 rings (SSSR count). The highest BCUT2D eigenvalue weighted by Crippen LogP contribution is 2.27. The molecule has 1 N–H and O–H groups in total. The Hall–Kier alpha value is -1.03. The van der Waals surface area contributed by atoms with E-state index in [9.17, 15) is 4.79 Å². The lowest BCUT2D eigenvalue weighted by atomic mass is 10.0. The predicted octanol–water partition coefficient (Wildman–Crippen LogP) is 2.39. The number of aliphatic carboxylic acids is 1. The van der Waals surface area contributed by atoms with Crippen LogP contribution in [0.15, 0.2) is 16.6 Å². The topological polar surface area (TPSA) is 46.5 Å². The molecule has 0 aliphatic heterocycles. The van der Waals surface area contributed by atoms with E-state index in [2.05, 4.69) is 15.9 Å². The molecule has 14 heavy (non-hydrogen) atoms. The minimum atomic E-state index is -0.853. The monoisotopic (exact) mass is 258 g/mol. The Balaban J connectivity index is 3.18. The summed E-state index contributed by atoms with van der Waals surface area (Å²) in [6.45, 7) is 1.87. The van der Waals surface area contributed by atoms with Gasteiger partial charge in [-0.2, -0.15) is 0 Å². The second-order valence-corrected chi connectivity index (χ2v) is 3.89. The Bertz CT molecular complexity index is 361. The van der Waals surface area contributed by atoms with Crippen LogP contribution >= 0.6 is 15.9 Å². The van der Waals surface area contributed by atoms with Crippen LogP contribution in [0.25, 0.3) is 0 Å². The van der Waals surface area contributed by atoms with Crippen molar-refractivity contribution in [2.24, 2.45) is 0 Å². The smallest absolute Gasteiger partial charge is 0.307 e. The van der Waals surface area contributed by atoms with Crippen LogP contribution in [0.2, 0.25) is 0 Å². The van der Waals surface area contributed by atoms with Crippen LogP contribution in [0.3, 0.4) is 0 Å². The molecule has 3 nitrogen and oxygen atoms in total. The van der Waals surface area contributed by atoms with Crippen LogP contribution < -0.4 is 4.74 Å². The average Bonchev–Trinajstić information content (AvgIpc) is 2.08. The summed E-state index contributed by atoms with van der Waals surface area (Å²) >= 11 is 3.33. The maximum Gasteiger partial charge on any atom is 0.307 e. The van der Waals surface area contributed by atoms with Crippen LogP contribution in [0, 0.1) is 6.92 Å². The lowest BCUT2D eigenvalue weighted by molar-refractivity contribution is -0.136. The molecule has 0 saturated heterocycles. The van der Waals surface area contributed by atoms with E-state index >= 15 is 0 Å². The van der Waals surface area contributed by atoms with Gasteiger partial charge < -0.3 is 9.84 Å². The second-order valence-electron chi connectivity index (χ2n) is 2.97. The van der Waals surface area contributed by atoms with Crippen LogP contribution in [-0.2, 0) is 11.2 Å². The van der Waals surface area contributed by atoms with E-state index in [-0.39, 0.29) is 6.42 Å². The number of aryl methyl sites for hydroxylation is 1. The lowest BCUT2D eigenvalue weighted by Crippen LogP contribution is -2.04. The Morgan fingerprint density at radius 3 is 2.71 bits per heavy atom. The number of ether oxygens (including phenoxy) is 1. The Morgan fingerprint density at radius 1 is 1.57 bits per heavy atom. The highest BCUT2D eigenvalue weighted by molar-refractivity contribution is 9.10. The molecule has 1 aromatic carbocycles. The number of carbonyl (C=O) groups is 1. The van der Waals surface area contributed by atoms with Crippen molar-refractivity contribution >= 4 is 21.9 Å². The number of rotatable bonds is 3. The third-order valence-electron chi connectivity index (χ3n) is 1.94. The first-order valence-electron chi connectivity index (χ1n) is 4.09. The van der Waals surface area contributed by atoms with Gasteiger partial charge in [0.15, 0.2) is 0 Å². The van der Waals surface area contributed by atoms with E-state index in [0.717, 1.165) is 15.6 Å².